The molecule has 0 heterocycles. The number of allylic oxidation sites excluding steroid dienone is 8. The molecule has 1 unspecified atom stereocenters. The van der Waals surface area contributed by atoms with Crippen molar-refractivity contribution in [1.82, 2.24) is 0 Å². The van der Waals surface area contributed by atoms with Crippen LogP contribution in [0.1, 0.15) is 116 Å². The van der Waals surface area contributed by atoms with Crippen LogP contribution in [0.4, 0.5) is 0 Å². The molecule has 4 aliphatic rings. The fraction of sp³-hybridized carbons (Fsp3) is 0.353. The van der Waals surface area contributed by atoms with E-state index in [0.29, 0.717) is 5.92 Å². The monoisotopic (exact) mass is 900 g/mol. The van der Waals surface area contributed by atoms with Crippen molar-refractivity contribution in [3.63, 3.8) is 0 Å². The van der Waals surface area contributed by atoms with E-state index in [1.165, 1.54) is 85.5 Å². The molecule has 0 amide bonds. The Kier molecular flexibility index (Phi) is 17.9. The topological polar surface area (TPSA) is 0 Å². The first-order valence-electron chi connectivity index (χ1n) is 18.8. The minimum atomic E-state index is -0.0202. The summed E-state index contributed by atoms with van der Waals surface area (Å²) in [6.45, 7) is 27.6. The molecule has 0 fully saturated rings. The fourth-order valence-electron chi connectivity index (χ4n) is 7.44. The molecule has 0 bridgehead atoms. The van der Waals surface area contributed by atoms with Crippen LogP contribution in [-0.4, -0.2) is 4.21 Å². The Balaban J connectivity index is 0.000000351. The summed E-state index contributed by atoms with van der Waals surface area (Å²) in [6.07, 6.45) is 14.8. The summed E-state index contributed by atoms with van der Waals surface area (Å²) >= 11 is 12.3. The second-order valence-electron chi connectivity index (χ2n) is 17.6. The first-order valence-corrected chi connectivity index (χ1v) is 21.3. The van der Waals surface area contributed by atoms with Crippen molar-refractivity contribution in [1.29, 1.82) is 0 Å². The van der Waals surface area contributed by atoms with Crippen molar-refractivity contribution in [3.8, 4) is 11.1 Å². The van der Waals surface area contributed by atoms with E-state index < -0.39 is 0 Å². The number of fused-ring (bicyclic) bond motifs is 5. The Labute approximate surface area is 377 Å². The van der Waals surface area contributed by atoms with Gasteiger partial charge in [0, 0.05) is 5.41 Å². The molecule has 0 nitrogen and oxygen atoms in total. The van der Waals surface area contributed by atoms with Gasteiger partial charge < -0.3 is 0 Å². The summed E-state index contributed by atoms with van der Waals surface area (Å²) in [7, 11) is 0. The average Bonchev–Trinajstić information content (AvgIpc) is 3.81. The van der Waals surface area contributed by atoms with Crippen molar-refractivity contribution in [2.24, 2.45) is 16.7 Å². The van der Waals surface area contributed by atoms with Crippen LogP contribution in [0.5, 0.6) is 0 Å². The van der Waals surface area contributed by atoms with Gasteiger partial charge in [-0.15, -0.1) is 43.4 Å². The summed E-state index contributed by atoms with van der Waals surface area (Å²) < 4.78 is 3.34. The van der Waals surface area contributed by atoms with E-state index in [0.717, 1.165) is 16.5 Å². The van der Waals surface area contributed by atoms with Gasteiger partial charge in [0.2, 0.25) is 0 Å². The van der Waals surface area contributed by atoms with Crippen molar-refractivity contribution < 1.29 is 24.2 Å². The molecule has 56 heavy (non-hydrogen) atoms. The van der Waals surface area contributed by atoms with Gasteiger partial charge >= 0.3 is 28.4 Å². The summed E-state index contributed by atoms with van der Waals surface area (Å²) in [5.74, 6) is 0.556. The molecule has 8 rings (SSSR count). The van der Waals surface area contributed by atoms with Gasteiger partial charge in [0.05, 0.1) is 0 Å². The molecule has 5 heteroatoms. The molecule has 4 aromatic rings. The standard InChI is InChI=1S/C31H37.C7H9.2C6H4Cl.CH2.2ClH.Zr/c1-28(2,3)26-16-30(7,8)24-12-18-11-19-13-25-23(15-21(19)20(18)14-22(24)26)27(29(4,5)6)17-31(25,9)10;1-6-3-4-7(2)5-6;2*7-6-4-2-1-3-5-6;;;;/h12-16H,11H2,1-10H3;3,5,7H,1-2H3;2*1-2,4-5H;1H2;2*1H;/q4*-1;;;;. The molecule has 298 valence electrons. The van der Waals surface area contributed by atoms with Gasteiger partial charge in [-0.2, -0.15) is 95.5 Å². The van der Waals surface area contributed by atoms with Crippen LogP contribution < -0.4 is 0 Å². The summed E-state index contributed by atoms with van der Waals surface area (Å²) in [5.41, 5.74) is 16.2. The van der Waals surface area contributed by atoms with E-state index in [9.17, 15) is 0 Å². The zero-order valence-electron chi connectivity index (χ0n) is 35.2. The van der Waals surface area contributed by atoms with Crippen molar-refractivity contribution in [2.45, 2.75) is 100 Å². The van der Waals surface area contributed by atoms with Crippen molar-refractivity contribution in [3.05, 3.63) is 164 Å². The maximum atomic E-state index is 5.51. The predicted molar refractivity (Wildman–Crippen MR) is 247 cm³/mol. The first kappa shape index (κ1) is 49.9. The number of rotatable bonds is 0. The van der Waals surface area contributed by atoms with E-state index in [1.807, 2.05) is 42.5 Å². The van der Waals surface area contributed by atoms with Crippen LogP contribution >= 0.6 is 48.0 Å². The van der Waals surface area contributed by atoms with Gasteiger partial charge in [-0.05, 0) is 62.3 Å². The van der Waals surface area contributed by atoms with E-state index in [1.54, 1.807) is 12.1 Å². The Bertz CT molecular complexity index is 1940. The number of halogens is 4. The molecule has 0 saturated heterocycles. The second kappa shape index (κ2) is 20.1. The second-order valence-corrected chi connectivity index (χ2v) is 18.5. The first-order chi connectivity index (χ1) is 25.2. The molecule has 4 aliphatic carbocycles. The van der Waals surface area contributed by atoms with Gasteiger partial charge in [0.15, 0.2) is 0 Å². The van der Waals surface area contributed by atoms with Gasteiger partial charge in [-0.3, -0.25) is 12.2 Å². The molecular formula is C51H58Cl4Zr-4. The molecule has 0 saturated carbocycles. The average molecular weight is 904 g/mol. The predicted octanol–water partition coefficient (Wildman–Crippen LogP) is 15.5. The third-order valence-corrected chi connectivity index (χ3v) is 10.5. The normalized spacial score (nSPS) is 16.9. The minimum absolute atomic E-state index is 0. The Morgan fingerprint density at radius 1 is 0.732 bits per heavy atom. The molecule has 4 aromatic carbocycles. The Morgan fingerprint density at radius 3 is 1.59 bits per heavy atom. The van der Waals surface area contributed by atoms with Crippen LogP contribution in [0, 0.1) is 41.0 Å². The molecule has 1 atom stereocenters. The van der Waals surface area contributed by atoms with Crippen molar-refractivity contribution in [2.75, 3.05) is 0 Å². The van der Waals surface area contributed by atoms with Gasteiger partial charge in [-0.1, -0.05) is 116 Å². The summed E-state index contributed by atoms with van der Waals surface area (Å²) in [6, 6.07) is 30.1. The molecular weight excluding hydrogens is 846 g/mol. The van der Waals surface area contributed by atoms with Crippen LogP contribution in [0.2, 0.25) is 10.0 Å². The number of hydrogen-bond donors (Lipinski definition) is 0. The van der Waals surface area contributed by atoms with E-state index in [2.05, 4.69) is 148 Å². The van der Waals surface area contributed by atoms with E-state index in [-0.39, 0.29) is 46.5 Å². The fourth-order valence-corrected chi connectivity index (χ4v) is 7.71. The molecule has 0 radical (unpaired) electrons. The third kappa shape index (κ3) is 12.1. The van der Waals surface area contributed by atoms with Crippen LogP contribution in [-0.2, 0) is 41.5 Å². The van der Waals surface area contributed by atoms with Gasteiger partial charge in [-0.25, -0.2) is 17.2 Å². The van der Waals surface area contributed by atoms with Crippen LogP contribution in [0.15, 0.2) is 96.6 Å². The molecule has 0 aromatic heterocycles. The molecule has 0 N–H and O–H groups in total. The maximum absolute atomic E-state index is 5.51. The quantitative estimate of drug-likeness (QED) is 0.136. The van der Waals surface area contributed by atoms with Crippen LogP contribution in [0.25, 0.3) is 22.3 Å². The zero-order chi connectivity index (χ0) is 40.2. The van der Waals surface area contributed by atoms with Gasteiger partial charge in [0.1, 0.15) is 0 Å². The molecule has 0 spiro atoms. The summed E-state index contributed by atoms with van der Waals surface area (Å²) in [5, 5.41) is 1.48. The van der Waals surface area contributed by atoms with E-state index >= 15 is 0 Å². The van der Waals surface area contributed by atoms with E-state index in [4.69, 9.17) is 23.2 Å². The third-order valence-electron chi connectivity index (χ3n) is 10.0. The zero-order valence-corrected chi connectivity index (χ0v) is 40.8. The van der Waals surface area contributed by atoms with Crippen LogP contribution in [0.3, 0.4) is 0 Å². The SMILES string of the molecule is CC(C)(C)C1=[C-]C(C)(C)c2cc3c(cc21)-c1cc2c(cc1C3)C(C)(C)C=C2C(C)(C)C.CC1=CC(C)[C-]=C1.Cl.Cl.Clc1c[c-]ccc1.Clc1c[c-]ccc1.[CH2]=[Zr]. The molecule has 0 aliphatic heterocycles. The van der Waals surface area contributed by atoms with Crippen molar-refractivity contribution >= 4 is 63.4 Å². The Hall–Kier alpha value is -2.25. The number of hydrogen-bond acceptors (Lipinski definition) is 0. The van der Waals surface area contributed by atoms with Gasteiger partial charge in [0.25, 0.3) is 0 Å². The summed E-state index contributed by atoms with van der Waals surface area (Å²) in [4.78, 5) is 0. The number of benzene rings is 4. The Morgan fingerprint density at radius 2 is 1.23 bits per heavy atom.